The van der Waals surface area contributed by atoms with Crippen LogP contribution in [0.25, 0.3) is 0 Å². The van der Waals surface area contributed by atoms with Crippen molar-refractivity contribution in [1.82, 2.24) is 5.32 Å². The number of quaternary nitrogens is 1. The minimum Gasteiger partial charge on any atom is -0.595 e. The number of nitrogens with one attached hydrogen (secondary N) is 3. The highest BCUT2D eigenvalue weighted by Gasteiger charge is 2.68. The van der Waals surface area contributed by atoms with Crippen molar-refractivity contribution in [2.45, 2.75) is 24.8 Å². The molecular weight excluding hydrogens is 372 g/mol. The average Bonchev–Trinajstić information content (AvgIpc) is 2.37. The first-order chi connectivity index (χ1) is 10.7. The minimum absolute atomic E-state index is 0.0613. The van der Waals surface area contributed by atoms with E-state index in [0.29, 0.717) is 0 Å². The summed E-state index contributed by atoms with van der Waals surface area (Å²) in [5.41, 5.74) is -5.67. The highest BCUT2D eigenvalue weighted by Crippen LogP contribution is 2.42. The number of hydrogen-bond donors (Lipinski definition) is 4. The Morgan fingerprint density at radius 2 is 1.71 bits per heavy atom. The van der Waals surface area contributed by atoms with Crippen LogP contribution in [0.3, 0.4) is 0 Å². The van der Waals surface area contributed by atoms with Crippen LogP contribution < -0.4 is 15.9 Å². The smallest absolute Gasteiger partial charge is 0.420 e. The summed E-state index contributed by atoms with van der Waals surface area (Å²) in [6.07, 6.45) is -11.7. The zero-order chi connectivity index (χ0) is 18.9. The largest absolute Gasteiger partial charge is 0.595 e. The molecular formula is C11H10ClF6N3O3. The first-order valence-corrected chi connectivity index (χ1v) is 6.32. The molecule has 1 aromatic carbocycles. The number of carbonyl (C=O) groups is 1. The van der Waals surface area contributed by atoms with Gasteiger partial charge in [0.05, 0.1) is 0 Å². The van der Waals surface area contributed by atoms with Crippen molar-refractivity contribution in [3.05, 3.63) is 28.4 Å². The second-order valence-corrected chi connectivity index (χ2v) is 5.13. The van der Waals surface area contributed by atoms with Crippen LogP contribution in [0.1, 0.15) is 6.92 Å². The standard InChI is InChI=1S/C11H10ClF6N3O3/c1-9(10(13,14)15,11(16,17)18)20-8(22)19-6-3-2-5(12)4-7(6)21(23)24/h2-4,21,23H,1H3,(H2,19,20,22). The fourth-order valence-corrected chi connectivity index (χ4v) is 1.66. The molecule has 0 aliphatic carbocycles. The lowest BCUT2D eigenvalue weighted by molar-refractivity contribution is -0.990. The van der Waals surface area contributed by atoms with Crippen molar-refractivity contribution in [3.63, 3.8) is 0 Å². The van der Waals surface area contributed by atoms with Crippen molar-refractivity contribution in [1.29, 1.82) is 0 Å². The molecule has 0 heterocycles. The molecule has 0 saturated heterocycles. The number of amides is 2. The molecule has 0 aliphatic rings. The maximum absolute atomic E-state index is 12.7. The van der Waals surface area contributed by atoms with Crippen molar-refractivity contribution in [3.8, 4) is 0 Å². The van der Waals surface area contributed by atoms with Gasteiger partial charge < -0.3 is 15.8 Å². The van der Waals surface area contributed by atoms with E-state index < -0.39 is 40.5 Å². The van der Waals surface area contributed by atoms with E-state index in [2.05, 4.69) is 0 Å². The van der Waals surface area contributed by atoms with E-state index in [9.17, 15) is 36.3 Å². The third-order valence-electron chi connectivity index (χ3n) is 2.96. The third kappa shape index (κ3) is 4.20. The fraction of sp³-hybridized carbons (Fsp3) is 0.364. The predicted octanol–water partition coefficient (Wildman–Crippen LogP) is 2.75. The summed E-state index contributed by atoms with van der Waals surface area (Å²) >= 11 is 5.53. The van der Waals surface area contributed by atoms with Crippen LogP contribution >= 0.6 is 11.6 Å². The summed E-state index contributed by atoms with van der Waals surface area (Å²) in [5.74, 6) is 0. The van der Waals surface area contributed by atoms with Crippen molar-refractivity contribution in [2.24, 2.45) is 0 Å². The summed E-state index contributed by atoms with van der Waals surface area (Å²) in [5, 5.41) is 20.6. The van der Waals surface area contributed by atoms with Gasteiger partial charge in [-0.2, -0.15) is 31.6 Å². The Morgan fingerprint density at radius 3 is 2.12 bits per heavy atom. The van der Waals surface area contributed by atoms with Gasteiger partial charge >= 0.3 is 18.4 Å². The number of urea groups is 1. The zero-order valence-electron chi connectivity index (χ0n) is 11.6. The molecule has 2 amide bonds. The minimum atomic E-state index is -5.84. The lowest BCUT2D eigenvalue weighted by Gasteiger charge is -2.34. The molecule has 1 unspecified atom stereocenters. The lowest BCUT2D eigenvalue weighted by Crippen LogP contribution is -2.99. The zero-order valence-corrected chi connectivity index (χ0v) is 12.4. The van der Waals surface area contributed by atoms with Gasteiger partial charge in [0, 0.05) is 11.1 Å². The molecule has 4 N–H and O–H groups in total. The second-order valence-electron chi connectivity index (χ2n) is 4.69. The summed E-state index contributed by atoms with van der Waals surface area (Å²) in [4.78, 5) is 11.5. The number of anilines is 1. The summed E-state index contributed by atoms with van der Waals surface area (Å²) in [7, 11) is 0. The highest BCUT2D eigenvalue weighted by molar-refractivity contribution is 6.31. The van der Waals surface area contributed by atoms with E-state index in [4.69, 9.17) is 16.8 Å². The quantitative estimate of drug-likeness (QED) is 0.479. The molecule has 1 aromatic rings. The summed E-state index contributed by atoms with van der Waals surface area (Å²) < 4.78 is 76.1. The number of halogens is 7. The monoisotopic (exact) mass is 381 g/mol. The second kappa shape index (κ2) is 6.63. The van der Waals surface area contributed by atoms with Crippen LogP contribution in [0, 0.1) is 5.21 Å². The molecule has 136 valence electrons. The van der Waals surface area contributed by atoms with Gasteiger partial charge in [-0.1, -0.05) is 11.6 Å². The first-order valence-electron chi connectivity index (χ1n) is 5.94. The molecule has 0 bridgehead atoms. The molecule has 0 spiro atoms. The van der Waals surface area contributed by atoms with Crippen molar-refractivity contribution < 1.29 is 41.6 Å². The molecule has 0 aromatic heterocycles. The Bertz CT molecular complexity index is 606. The number of alkyl halides is 6. The molecule has 6 nitrogen and oxygen atoms in total. The molecule has 0 saturated carbocycles. The number of rotatable bonds is 3. The average molecular weight is 382 g/mol. The summed E-state index contributed by atoms with van der Waals surface area (Å²) in [6, 6.07) is 0.990. The molecule has 0 aliphatic heterocycles. The van der Waals surface area contributed by atoms with Gasteiger partial charge in [-0.05, 0) is 19.1 Å². The van der Waals surface area contributed by atoms with Crippen LogP contribution in [-0.2, 0) is 0 Å². The van der Waals surface area contributed by atoms with Crippen LogP contribution in [-0.4, -0.2) is 29.1 Å². The van der Waals surface area contributed by atoms with Crippen molar-refractivity contribution >= 4 is 29.0 Å². The van der Waals surface area contributed by atoms with Crippen LogP contribution in [0.5, 0.6) is 0 Å². The van der Waals surface area contributed by atoms with Gasteiger partial charge in [0.15, 0.2) is 5.69 Å². The Balaban J connectivity index is 3.09. The maximum atomic E-state index is 12.7. The predicted molar refractivity (Wildman–Crippen MR) is 69.9 cm³/mol. The first kappa shape index (κ1) is 20.3. The van der Waals surface area contributed by atoms with Crippen LogP contribution in [0.4, 0.5) is 42.5 Å². The van der Waals surface area contributed by atoms with Gasteiger partial charge in [0.2, 0.25) is 5.54 Å². The maximum Gasteiger partial charge on any atom is 0.420 e. The number of carbonyl (C=O) groups excluding carboxylic acids is 1. The Kier molecular flexibility index (Phi) is 5.60. The molecule has 13 heteroatoms. The van der Waals surface area contributed by atoms with Crippen molar-refractivity contribution in [2.75, 3.05) is 5.32 Å². The lowest BCUT2D eigenvalue weighted by atomic mass is 10.0. The number of hydrogen-bond acceptors (Lipinski definition) is 3. The van der Waals surface area contributed by atoms with E-state index in [0.717, 1.165) is 23.5 Å². The molecule has 0 fully saturated rings. The highest BCUT2D eigenvalue weighted by atomic mass is 35.5. The van der Waals surface area contributed by atoms with E-state index in [-0.39, 0.29) is 11.9 Å². The van der Waals surface area contributed by atoms with E-state index in [1.165, 1.54) is 0 Å². The van der Waals surface area contributed by atoms with E-state index in [1.807, 2.05) is 0 Å². The normalized spacial score (nSPS) is 14.2. The molecule has 1 rings (SSSR count). The van der Waals surface area contributed by atoms with E-state index >= 15 is 0 Å². The summed E-state index contributed by atoms with van der Waals surface area (Å²) in [6.45, 7) is -0.257. The van der Waals surface area contributed by atoms with E-state index in [1.54, 1.807) is 5.32 Å². The third-order valence-corrected chi connectivity index (χ3v) is 3.19. The topological polar surface area (TPSA) is 88.9 Å². The fourth-order valence-electron chi connectivity index (χ4n) is 1.49. The number of benzene rings is 1. The Labute approximate surface area is 135 Å². The molecule has 0 radical (unpaired) electrons. The molecule has 24 heavy (non-hydrogen) atoms. The SMILES string of the molecule is CC(NC(=O)Nc1ccc(Cl)cc1[NH+]([O-])O)(C(F)(F)F)C(F)(F)F. The Morgan fingerprint density at radius 1 is 1.21 bits per heavy atom. The van der Waals surface area contributed by atoms with Crippen LogP contribution in [0.15, 0.2) is 18.2 Å². The van der Waals surface area contributed by atoms with Gasteiger partial charge in [-0.3, -0.25) is 0 Å². The van der Waals surface area contributed by atoms with Gasteiger partial charge in [0.1, 0.15) is 5.69 Å². The van der Waals surface area contributed by atoms with Crippen LogP contribution in [0.2, 0.25) is 5.02 Å². The molecule has 1 atom stereocenters. The van der Waals surface area contributed by atoms with Gasteiger partial charge in [-0.25, -0.2) is 10.0 Å². The van der Waals surface area contributed by atoms with Gasteiger partial charge in [0.25, 0.3) is 0 Å². The van der Waals surface area contributed by atoms with Gasteiger partial charge in [-0.15, -0.1) is 0 Å². The Hall–Kier alpha value is -1.76.